The van der Waals surface area contributed by atoms with Crippen molar-refractivity contribution >= 4 is 11.8 Å². The number of hydrogen-bond donors (Lipinski definition) is 1. The average molecular weight is 177 g/mol. The largest absolute Gasteiger partial charge is 0.398 e. The number of nitrogen functional groups attached to an aromatic ring is 1. The highest BCUT2D eigenvalue weighted by atomic mass is 16.5. The summed E-state index contributed by atoms with van der Waals surface area (Å²) in [6.07, 6.45) is 2.04. The second kappa shape index (κ2) is 4.67. The summed E-state index contributed by atoms with van der Waals surface area (Å²) in [5, 5.41) is 0. The Morgan fingerprint density at radius 1 is 1.46 bits per heavy atom. The molecule has 0 atom stereocenters. The zero-order valence-corrected chi connectivity index (χ0v) is 8.08. The molecule has 0 amide bonds. The SMILES string of the molecule is COC/C(C)=C\c1ccccc1N. The molecule has 0 aliphatic carbocycles. The molecule has 0 spiro atoms. The molecule has 2 nitrogen and oxygen atoms in total. The predicted molar refractivity (Wildman–Crippen MR) is 56.4 cm³/mol. The molecule has 2 N–H and O–H groups in total. The molecule has 1 aromatic rings. The molecule has 0 saturated heterocycles. The summed E-state index contributed by atoms with van der Waals surface area (Å²) >= 11 is 0. The topological polar surface area (TPSA) is 35.2 Å². The Kier molecular flexibility index (Phi) is 3.53. The van der Waals surface area contributed by atoms with Gasteiger partial charge >= 0.3 is 0 Å². The smallest absolute Gasteiger partial charge is 0.0673 e. The standard InChI is InChI=1S/C11H15NO/c1-9(8-13-2)7-10-5-3-4-6-11(10)12/h3-7H,8,12H2,1-2H3/b9-7-. The summed E-state index contributed by atoms with van der Waals surface area (Å²) in [4.78, 5) is 0. The minimum Gasteiger partial charge on any atom is -0.398 e. The second-order valence-corrected chi connectivity index (χ2v) is 3.05. The van der Waals surface area contributed by atoms with Gasteiger partial charge in [0, 0.05) is 12.8 Å². The molecule has 13 heavy (non-hydrogen) atoms. The summed E-state index contributed by atoms with van der Waals surface area (Å²) in [5.41, 5.74) is 8.80. The van der Waals surface area contributed by atoms with Crippen LogP contribution in [0.25, 0.3) is 6.08 Å². The van der Waals surface area contributed by atoms with Gasteiger partial charge in [0.15, 0.2) is 0 Å². The van der Waals surface area contributed by atoms with Crippen LogP contribution in [0.15, 0.2) is 29.8 Å². The number of hydrogen-bond acceptors (Lipinski definition) is 2. The summed E-state index contributed by atoms with van der Waals surface area (Å²) < 4.78 is 5.01. The molecule has 0 radical (unpaired) electrons. The minimum absolute atomic E-state index is 0.647. The van der Waals surface area contributed by atoms with Crippen molar-refractivity contribution in [2.75, 3.05) is 19.5 Å². The first-order valence-corrected chi connectivity index (χ1v) is 4.24. The first kappa shape index (κ1) is 9.81. The summed E-state index contributed by atoms with van der Waals surface area (Å²) in [5.74, 6) is 0. The van der Waals surface area contributed by atoms with E-state index in [1.54, 1.807) is 7.11 Å². The third kappa shape index (κ3) is 2.92. The van der Waals surface area contributed by atoms with Crippen LogP contribution in [0.3, 0.4) is 0 Å². The van der Waals surface area contributed by atoms with Gasteiger partial charge in [-0.3, -0.25) is 0 Å². The highest BCUT2D eigenvalue weighted by Gasteiger charge is 1.94. The van der Waals surface area contributed by atoms with E-state index in [1.807, 2.05) is 37.3 Å². The highest BCUT2D eigenvalue weighted by molar-refractivity contribution is 5.65. The van der Waals surface area contributed by atoms with Crippen molar-refractivity contribution in [1.29, 1.82) is 0 Å². The van der Waals surface area contributed by atoms with Crippen LogP contribution in [-0.2, 0) is 4.74 Å². The van der Waals surface area contributed by atoms with Gasteiger partial charge in [-0.1, -0.05) is 24.3 Å². The lowest BCUT2D eigenvalue weighted by atomic mass is 10.1. The first-order chi connectivity index (χ1) is 6.24. The second-order valence-electron chi connectivity index (χ2n) is 3.05. The Morgan fingerprint density at radius 3 is 2.77 bits per heavy atom. The summed E-state index contributed by atoms with van der Waals surface area (Å²) in [6.45, 7) is 2.67. The van der Waals surface area contributed by atoms with E-state index in [2.05, 4.69) is 0 Å². The van der Waals surface area contributed by atoms with Gasteiger partial charge < -0.3 is 10.5 Å². The molecule has 0 fully saturated rings. The lowest BCUT2D eigenvalue weighted by Gasteiger charge is -2.02. The van der Waals surface area contributed by atoms with Crippen LogP contribution in [0.4, 0.5) is 5.69 Å². The molecule has 0 heterocycles. The van der Waals surface area contributed by atoms with Gasteiger partial charge in [-0.25, -0.2) is 0 Å². The molecule has 0 saturated carbocycles. The highest BCUT2D eigenvalue weighted by Crippen LogP contribution is 2.14. The molecule has 2 heteroatoms. The normalized spacial score (nSPS) is 11.7. The average Bonchev–Trinajstić information content (AvgIpc) is 2.09. The molecule has 70 valence electrons. The third-order valence-corrected chi connectivity index (χ3v) is 1.77. The zero-order valence-electron chi connectivity index (χ0n) is 8.08. The van der Waals surface area contributed by atoms with E-state index < -0.39 is 0 Å². The number of anilines is 1. The Morgan fingerprint density at radius 2 is 2.15 bits per heavy atom. The van der Waals surface area contributed by atoms with Crippen LogP contribution in [0.1, 0.15) is 12.5 Å². The molecule has 0 bridgehead atoms. The van der Waals surface area contributed by atoms with E-state index in [-0.39, 0.29) is 0 Å². The predicted octanol–water partition coefficient (Wildman–Crippen LogP) is 2.32. The van der Waals surface area contributed by atoms with Crippen LogP contribution >= 0.6 is 0 Å². The Labute approximate surface area is 79.0 Å². The maximum Gasteiger partial charge on any atom is 0.0673 e. The van der Waals surface area contributed by atoms with E-state index in [4.69, 9.17) is 10.5 Å². The minimum atomic E-state index is 0.647. The van der Waals surface area contributed by atoms with E-state index in [1.165, 1.54) is 5.57 Å². The van der Waals surface area contributed by atoms with E-state index >= 15 is 0 Å². The van der Waals surface area contributed by atoms with E-state index in [9.17, 15) is 0 Å². The summed E-state index contributed by atoms with van der Waals surface area (Å²) in [7, 11) is 1.69. The van der Waals surface area contributed by atoms with Crippen molar-refractivity contribution in [2.24, 2.45) is 0 Å². The van der Waals surface area contributed by atoms with Crippen LogP contribution in [0.5, 0.6) is 0 Å². The van der Waals surface area contributed by atoms with Crippen molar-refractivity contribution in [3.05, 3.63) is 35.4 Å². The fraction of sp³-hybridized carbons (Fsp3) is 0.273. The van der Waals surface area contributed by atoms with Crippen molar-refractivity contribution in [2.45, 2.75) is 6.92 Å². The maximum absolute atomic E-state index is 5.78. The number of benzene rings is 1. The van der Waals surface area contributed by atoms with E-state index in [0.29, 0.717) is 6.61 Å². The number of rotatable bonds is 3. The maximum atomic E-state index is 5.78. The van der Waals surface area contributed by atoms with Crippen molar-refractivity contribution in [3.63, 3.8) is 0 Å². The summed E-state index contributed by atoms with van der Waals surface area (Å²) in [6, 6.07) is 7.79. The van der Waals surface area contributed by atoms with Gasteiger partial charge in [-0.15, -0.1) is 0 Å². The number of para-hydroxylation sites is 1. The van der Waals surface area contributed by atoms with Gasteiger partial charge in [0.05, 0.1) is 6.61 Å². The lowest BCUT2D eigenvalue weighted by molar-refractivity contribution is 0.226. The van der Waals surface area contributed by atoms with E-state index in [0.717, 1.165) is 11.3 Å². The van der Waals surface area contributed by atoms with Crippen LogP contribution in [-0.4, -0.2) is 13.7 Å². The molecule has 1 rings (SSSR count). The molecular weight excluding hydrogens is 162 g/mol. The molecular formula is C11H15NO. The zero-order chi connectivity index (χ0) is 9.68. The van der Waals surface area contributed by atoms with Gasteiger partial charge in [0.25, 0.3) is 0 Å². The number of ether oxygens (including phenoxy) is 1. The molecule has 0 aliphatic rings. The van der Waals surface area contributed by atoms with Crippen molar-refractivity contribution in [3.8, 4) is 0 Å². The molecule has 0 unspecified atom stereocenters. The van der Waals surface area contributed by atoms with Crippen LogP contribution in [0.2, 0.25) is 0 Å². The number of methoxy groups -OCH3 is 1. The van der Waals surface area contributed by atoms with Crippen LogP contribution in [0, 0.1) is 0 Å². The Bertz CT molecular complexity index is 305. The van der Waals surface area contributed by atoms with Crippen LogP contribution < -0.4 is 5.73 Å². The van der Waals surface area contributed by atoms with Crippen molar-refractivity contribution < 1.29 is 4.74 Å². The van der Waals surface area contributed by atoms with Gasteiger partial charge in [0.1, 0.15) is 0 Å². The monoisotopic (exact) mass is 177 g/mol. The third-order valence-electron chi connectivity index (χ3n) is 1.77. The first-order valence-electron chi connectivity index (χ1n) is 4.24. The number of nitrogens with two attached hydrogens (primary N) is 1. The van der Waals surface area contributed by atoms with Gasteiger partial charge in [0.2, 0.25) is 0 Å². The Balaban J connectivity index is 2.84. The molecule has 1 aromatic carbocycles. The molecule has 0 aliphatic heterocycles. The Hall–Kier alpha value is -1.28. The molecule has 0 aromatic heterocycles. The fourth-order valence-electron chi connectivity index (χ4n) is 1.18. The lowest BCUT2D eigenvalue weighted by Crippen LogP contribution is -1.92. The quantitative estimate of drug-likeness (QED) is 0.719. The van der Waals surface area contributed by atoms with Gasteiger partial charge in [-0.2, -0.15) is 0 Å². The van der Waals surface area contributed by atoms with Gasteiger partial charge in [-0.05, 0) is 24.1 Å². The van der Waals surface area contributed by atoms with Crippen molar-refractivity contribution in [1.82, 2.24) is 0 Å². The fourth-order valence-corrected chi connectivity index (χ4v) is 1.18.